The fourth-order valence-corrected chi connectivity index (χ4v) is 3.68. The molecule has 0 aliphatic carbocycles. The molecule has 4 rings (SSSR count). The van der Waals surface area contributed by atoms with E-state index in [2.05, 4.69) is 5.32 Å². The molecule has 1 heterocycles. The lowest BCUT2D eigenvalue weighted by Crippen LogP contribution is -2.31. The zero-order chi connectivity index (χ0) is 22.1. The van der Waals surface area contributed by atoms with Gasteiger partial charge in [-0.3, -0.25) is 24.2 Å². The van der Waals surface area contributed by atoms with Gasteiger partial charge in [0.05, 0.1) is 12.6 Å². The molecule has 156 valence electrons. The summed E-state index contributed by atoms with van der Waals surface area (Å²) in [6, 6.07) is 19.8. The number of urea groups is 1. The first-order valence-corrected chi connectivity index (χ1v) is 9.88. The van der Waals surface area contributed by atoms with Crippen molar-refractivity contribution in [1.29, 1.82) is 0 Å². The number of carbonyl (C=O) groups is 4. The van der Waals surface area contributed by atoms with Gasteiger partial charge in [-0.25, -0.2) is 4.79 Å². The number of rotatable bonds is 5. The molecule has 1 atom stereocenters. The lowest BCUT2D eigenvalue weighted by Gasteiger charge is -2.17. The molecule has 0 radical (unpaired) electrons. The zero-order valence-electron chi connectivity index (χ0n) is 17.2. The summed E-state index contributed by atoms with van der Waals surface area (Å²) in [7, 11) is 1.27. The molecule has 1 aliphatic heterocycles. The van der Waals surface area contributed by atoms with Crippen LogP contribution in [0.5, 0.6) is 0 Å². The SMILES string of the molecule is CC(NC(=O)c1ccc(CN2C(=O)C(=O)N(C)C2=O)cc1)c1cccc2ccccc12. The van der Waals surface area contributed by atoms with Gasteiger partial charge >= 0.3 is 17.8 Å². The molecule has 0 bridgehead atoms. The van der Waals surface area contributed by atoms with Gasteiger partial charge in [0.25, 0.3) is 5.91 Å². The van der Waals surface area contributed by atoms with Gasteiger partial charge in [0.1, 0.15) is 0 Å². The smallest absolute Gasteiger partial charge is 0.334 e. The van der Waals surface area contributed by atoms with E-state index in [1.807, 2.05) is 49.4 Å². The minimum absolute atomic E-state index is 0.0257. The fourth-order valence-electron chi connectivity index (χ4n) is 3.68. The predicted molar refractivity (Wildman–Crippen MR) is 115 cm³/mol. The molecule has 1 unspecified atom stereocenters. The largest absolute Gasteiger partial charge is 0.345 e. The summed E-state index contributed by atoms with van der Waals surface area (Å²) in [5.74, 6) is -1.92. The van der Waals surface area contributed by atoms with Crippen molar-refractivity contribution in [1.82, 2.24) is 15.1 Å². The molecule has 3 aromatic carbocycles. The van der Waals surface area contributed by atoms with Crippen LogP contribution < -0.4 is 5.32 Å². The second kappa shape index (κ2) is 8.02. The molecule has 7 heteroatoms. The van der Waals surface area contributed by atoms with Gasteiger partial charge in [-0.05, 0) is 41.0 Å². The Hall–Kier alpha value is -4.00. The molecular weight excluding hydrogens is 394 g/mol. The molecule has 7 nitrogen and oxygen atoms in total. The number of benzene rings is 3. The Morgan fingerprint density at radius 2 is 1.58 bits per heavy atom. The number of hydrogen-bond donors (Lipinski definition) is 1. The second-order valence-electron chi connectivity index (χ2n) is 7.50. The Bertz CT molecular complexity index is 1200. The van der Waals surface area contributed by atoms with E-state index >= 15 is 0 Å². The van der Waals surface area contributed by atoms with Gasteiger partial charge in [0.15, 0.2) is 0 Å². The lowest BCUT2D eigenvalue weighted by molar-refractivity contribution is -0.143. The van der Waals surface area contributed by atoms with Gasteiger partial charge in [-0.15, -0.1) is 0 Å². The van der Waals surface area contributed by atoms with E-state index in [1.165, 1.54) is 7.05 Å². The first-order valence-electron chi connectivity index (χ1n) is 9.88. The highest BCUT2D eigenvalue weighted by Gasteiger charge is 2.41. The minimum atomic E-state index is -0.849. The van der Waals surface area contributed by atoms with Crippen molar-refractivity contribution in [3.63, 3.8) is 0 Å². The first kappa shape index (κ1) is 20.3. The molecule has 1 N–H and O–H groups in total. The third-order valence-electron chi connectivity index (χ3n) is 5.44. The monoisotopic (exact) mass is 415 g/mol. The highest BCUT2D eigenvalue weighted by atomic mass is 16.2. The van der Waals surface area contributed by atoms with Crippen LogP contribution in [0.1, 0.15) is 34.5 Å². The minimum Gasteiger partial charge on any atom is -0.345 e. The summed E-state index contributed by atoms with van der Waals surface area (Å²) in [5.41, 5.74) is 2.13. The van der Waals surface area contributed by atoms with Gasteiger partial charge in [0.2, 0.25) is 0 Å². The van der Waals surface area contributed by atoms with E-state index in [-0.39, 0.29) is 18.5 Å². The zero-order valence-corrected chi connectivity index (χ0v) is 17.2. The number of carbonyl (C=O) groups excluding carboxylic acids is 4. The van der Waals surface area contributed by atoms with Gasteiger partial charge < -0.3 is 5.32 Å². The molecule has 0 aromatic heterocycles. The Kier molecular flexibility index (Phi) is 5.25. The normalized spacial score (nSPS) is 15.0. The van der Waals surface area contributed by atoms with Crippen LogP contribution in [-0.4, -0.2) is 40.6 Å². The summed E-state index contributed by atoms with van der Waals surface area (Å²) in [6.45, 7) is 1.91. The van der Waals surface area contributed by atoms with Crippen LogP contribution in [0.4, 0.5) is 4.79 Å². The number of amides is 5. The number of hydrogen-bond acceptors (Lipinski definition) is 4. The van der Waals surface area contributed by atoms with E-state index < -0.39 is 17.8 Å². The Morgan fingerprint density at radius 3 is 2.26 bits per heavy atom. The molecule has 1 fully saturated rings. The van der Waals surface area contributed by atoms with Crippen molar-refractivity contribution in [3.05, 3.63) is 83.4 Å². The second-order valence-corrected chi connectivity index (χ2v) is 7.50. The van der Waals surface area contributed by atoms with Crippen LogP contribution >= 0.6 is 0 Å². The highest BCUT2D eigenvalue weighted by molar-refractivity contribution is 6.44. The third-order valence-corrected chi connectivity index (χ3v) is 5.44. The predicted octanol–water partition coefficient (Wildman–Crippen LogP) is 3.25. The average Bonchev–Trinajstić information content (AvgIpc) is 2.97. The van der Waals surface area contributed by atoms with Crippen molar-refractivity contribution in [2.45, 2.75) is 19.5 Å². The number of imide groups is 2. The molecule has 5 amide bonds. The molecule has 1 saturated heterocycles. The molecule has 3 aromatic rings. The molecule has 31 heavy (non-hydrogen) atoms. The summed E-state index contributed by atoms with van der Waals surface area (Å²) < 4.78 is 0. The molecular formula is C24H21N3O4. The van der Waals surface area contributed by atoms with E-state index in [9.17, 15) is 19.2 Å². The van der Waals surface area contributed by atoms with Crippen molar-refractivity contribution >= 4 is 34.5 Å². The Balaban J connectivity index is 1.45. The van der Waals surface area contributed by atoms with Crippen LogP contribution in [0.2, 0.25) is 0 Å². The summed E-state index contributed by atoms with van der Waals surface area (Å²) in [5, 5.41) is 5.22. The van der Waals surface area contributed by atoms with Gasteiger partial charge in [-0.2, -0.15) is 0 Å². The van der Waals surface area contributed by atoms with E-state index in [4.69, 9.17) is 0 Å². The van der Waals surface area contributed by atoms with E-state index in [0.29, 0.717) is 11.1 Å². The summed E-state index contributed by atoms with van der Waals surface area (Å²) >= 11 is 0. The van der Waals surface area contributed by atoms with E-state index in [0.717, 1.165) is 26.1 Å². The van der Waals surface area contributed by atoms with Crippen LogP contribution in [0, 0.1) is 0 Å². The first-order chi connectivity index (χ1) is 14.9. The maximum atomic E-state index is 12.7. The van der Waals surface area contributed by atoms with Crippen molar-refractivity contribution in [2.24, 2.45) is 0 Å². The number of nitrogens with zero attached hydrogens (tertiary/aromatic N) is 2. The van der Waals surface area contributed by atoms with Crippen LogP contribution in [0.3, 0.4) is 0 Å². The number of likely N-dealkylation sites (N-methyl/N-ethyl adjacent to an activating group) is 1. The third kappa shape index (κ3) is 3.77. The van der Waals surface area contributed by atoms with Crippen LogP contribution in [0.25, 0.3) is 10.8 Å². The van der Waals surface area contributed by atoms with Gasteiger partial charge in [0, 0.05) is 12.6 Å². The van der Waals surface area contributed by atoms with Crippen molar-refractivity contribution in [3.8, 4) is 0 Å². The standard InChI is InChI=1S/C24H21N3O4/c1-15(19-9-5-7-17-6-3-4-8-20(17)19)25-21(28)18-12-10-16(11-13-18)14-27-23(30)22(29)26(2)24(27)31/h3-13,15H,14H2,1-2H3,(H,25,28). The fraction of sp³-hybridized carbons (Fsp3) is 0.167. The highest BCUT2D eigenvalue weighted by Crippen LogP contribution is 2.24. The Labute approximate surface area is 179 Å². The topological polar surface area (TPSA) is 86.8 Å². The van der Waals surface area contributed by atoms with Crippen LogP contribution in [-0.2, 0) is 16.1 Å². The maximum Gasteiger partial charge on any atom is 0.334 e. The quantitative estimate of drug-likeness (QED) is 0.512. The number of nitrogens with one attached hydrogen (secondary N) is 1. The number of fused-ring (bicyclic) bond motifs is 1. The van der Waals surface area contributed by atoms with E-state index in [1.54, 1.807) is 24.3 Å². The summed E-state index contributed by atoms with van der Waals surface area (Å²) in [6.07, 6.45) is 0. The molecule has 0 spiro atoms. The average molecular weight is 415 g/mol. The maximum absolute atomic E-state index is 12.7. The lowest BCUT2D eigenvalue weighted by atomic mass is 9.99. The Morgan fingerprint density at radius 1 is 0.903 bits per heavy atom. The van der Waals surface area contributed by atoms with Crippen molar-refractivity contribution in [2.75, 3.05) is 7.05 Å². The molecule has 1 aliphatic rings. The van der Waals surface area contributed by atoms with Crippen LogP contribution in [0.15, 0.2) is 66.7 Å². The molecule has 0 saturated carbocycles. The van der Waals surface area contributed by atoms with Crippen molar-refractivity contribution < 1.29 is 19.2 Å². The summed E-state index contributed by atoms with van der Waals surface area (Å²) in [4.78, 5) is 49.9. The van der Waals surface area contributed by atoms with Gasteiger partial charge in [-0.1, -0.05) is 54.6 Å².